The number of anilines is 1. The Morgan fingerprint density at radius 1 is 1.19 bits per heavy atom. The predicted octanol–water partition coefficient (Wildman–Crippen LogP) is 3.21. The van der Waals surface area contributed by atoms with Crippen LogP contribution in [-0.2, 0) is 6.54 Å². The Bertz CT molecular complexity index is 488. The van der Waals surface area contributed by atoms with E-state index in [0.29, 0.717) is 12.3 Å². The monoisotopic (exact) mass is 217 g/mol. The summed E-state index contributed by atoms with van der Waals surface area (Å²) in [6.45, 7) is 4.45. The van der Waals surface area contributed by atoms with Gasteiger partial charge >= 0.3 is 0 Å². The smallest absolute Gasteiger partial charge is 0.123 e. The zero-order valence-electron chi connectivity index (χ0n) is 9.45. The minimum absolute atomic E-state index is 0.319. The molecule has 3 heteroatoms. The Kier molecular flexibility index (Phi) is 2.86. The van der Waals surface area contributed by atoms with Gasteiger partial charge in [-0.25, -0.2) is 0 Å². The molecule has 1 aromatic heterocycles. The van der Waals surface area contributed by atoms with Crippen LogP contribution in [0.3, 0.4) is 0 Å². The Hall–Kier alpha value is -1.90. The Morgan fingerprint density at radius 2 is 2.00 bits per heavy atom. The van der Waals surface area contributed by atoms with Gasteiger partial charge in [0, 0.05) is 5.69 Å². The third kappa shape index (κ3) is 2.37. The third-order valence-corrected chi connectivity index (χ3v) is 2.46. The molecule has 0 atom stereocenters. The maximum Gasteiger partial charge on any atom is 0.123 e. The fourth-order valence-corrected chi connectivity index (χ4v) is 1.53. The average molecular weight is 217 g/mol. The quantitative estimate of drug-likeness (QED) is 0.776. The molecule has 0 saturated heterocycles. The number of nitrogens with one attached hydrogen (secondary N) is 1. The second kappa shape index (κ2) is 4.31. The summed E-state index contributed by atoms with van der Waals surface area (Å²) < 4.78 is 5.45. The first-order chi connectivity index (χ1) is 7.65. The number of hydrogen-bond acceptors (Lipinski definition) is 3. The standard InChI is InChI=1S/C13H15NO2/c1-9-7-11(4-6-13(9)15)14-8-12-5-3-10(2)16-12/h3-7,14-15H,8H2,1-2H3. The highest BCUT2D eigenvalue weighted by Crippen LogP contribution is 2.20. The lowest BCUT2D eigenvalue weighted by Crippen LogP contribution is -1.98. The molecule has 0 unspecified atom stereocenters. The van der Waals surface area contributed by atoms with Crippen molar-refractivity contribution in [2.45, 2.75) is 20.4 Å². The lowest BCUT2D eigenvalue weighted by Gasteiger charge is -2.06. The van der Waals surface area contributed by atoms with Crippen molar-refractivity contribution in [1.82, 2.24) is 0 Å². The minimum atomic E-state index is 0.319. The summed E-state index contributed by atoms with van der Waals surface area (Å²) in [7, 11) is 0. The summed E-state index contributed by atoms with van der Waals surface area (Å²) in [6, 6.07) is 9.34. The number of benzene rings is 1. The van der Waals surface area contributed by atoms with Crippen molar-refractivity contribution in [3.63, 3.8) is 0 Å². The Morgan fingerprint density at radius 3 is 2.62 bits per heavy atom. The van der Waals surface area contributed by atoms with Crippen LogP contribution in [-0.4, -0.2) is 5.11 Å². The first-order valence-electron chi connectivity index (χ1n) is 5.24. The Labute approximate surface area is 94.7 Å². The van der Waals surface area contributed by atoms with E-state index in [2.05, 4.69) is 5.32 Å². The van der Waals surface area contributed by atoms with E-state index in [1.807, 2.05) is 38.1 Å². The fourth-order valence-electron chi connectivity index (χ4n) is 1.53. The molecule has 0 aliphatic rings. The SMILES string of the molecule is Cc1ccc(CNc2ccc(O)c(C)c2)o1. The number of hydrogen-bond donors (Lipinski definition) is 2. The van der Waals surface area contributed by atoms with Crippen LogP contribution in [0.4, 0.5) is 5.69 Å². The predicted molar refractivity (Wildman–Crippen MR) is 63.6 cm³/mol. The molecule has 16 heavy (non-hydrogen) atoms. The van der Waals surface area contributed by atoms with Crippen LogP contribution >= 0.6 is 0 Å². The molecular weight excluding hydrogens is 202 g/mol. The van der Waals surface area contributed by atoms with Crippen molar-refractivity contribution in [3.8, 4) is 5.75 Å². The fraction of sp³-hybridized carbons (Fsp3) is 0.231. The summed E-state index contributed by atoms with van der Waals surface area (Å²) in [5.41, 5.74) is 1.84. The van der Waals surface area contributed by atoms with Crippen LogP contribution in [0, 0.1) is 13.8 Å². The molecule has 0 aliphatic heterocycles. The molecule has 2 rings (SSSR count). The summed E-state index contributed by atoms with van der Waals surface area (Å²) in [4.78, 5) is 0. The molecule has 84 valence electrons. The van der Waals surface area contributed by atoms with Gasteiger partial charge in [0.05, 0.1) is 6.54 Å². The van der Waals surface area contributed by atoms with Crippen molar-refractivity contribution >= 4 is 5.69 Å². The molecule has 2 aromatic rings. The van der Waals surface area contributed by atoms with Crippen LogP contribution in [0.5, 0.6) is 5.75 Å². The van der Waals surface area contributed by atoms with Crippen LogP contribution in [0.15, 0.2) is 34.7 Å². The zero-order chi connectivity index (χ0) is 11.5. The highest BCUT2D eigenvalue weighted by atomic mass is 16.3. The molecule has 1 aromatic carbocycles. The molecule has 0 fully saturated rings. The van der Waals surface area contributed by atoms with E-state index < -0.39 is 0 Å². The summed E-state index contributed by atoms with van der Waals surface area (Å²) in [6.07, 6.45) is 0. The third-order valence-electron chi connectivity index (χ3n) is 2.46. The van der Waals surface area contributed by atoms with E-state index in [-0.39, 0.29) is 0 Å². The molecule has 0 bridgehead atoms. The van der Waals surface area contributed by atoms with E-state index in [1.165, 1.54) is 0 Å². The molecule has 0 radical (unpaired) electrons. The number of aryl methyl sites for hydroxylation is 2. The number of aromatic hydroxyl groups is 1. The number of phenolic OH excluding ortho intramolecular Hbond substituents is 1. The maximum absolute atomic E-state index is 9.39. The van der Waals surface area contributed by atoms with Gasteiger partial charge in [-0.3, -0.25) is 0 Å². The van der Waals surface area contributed by atoms with E-state index >= 15 is 0 Å². The van der Waals surface area contributed by atoms with Gasteiger partial charge in [0.15, 0.2) is 0 Å². The van der Waals surface area contributed by atoms with Crippen molar-refractivity contribution < 1.29 is 9.52 Å². The van der Waals surface area contributed by atoms with Gasteiger partial charge in [-0.1, -0.05) is 0 Å². The molecule has 0 aliphatic carbocycles. The van der Waals surface area contributed by atoms with Gasteiger partial charge in [0.25, 0.3) is 0 Å². The normalized spacial score (nSPS) is 10.4. The summed E-state index contributed by atoms with van der Waals surface area (Å²) in [5, 5.41) is 12.6. The first kappa shape index (κ1) is 10.6. The van der Waals surface area contributed by atoms with Crippen LogP contribution < -0.4 is 5.32 Å². The van der Waals surface area contributed by atoms with Crippen molar-refractivity contribution in [1.29, 1.82) is 0 Å². The van der Waals surface area contributed by atoms with Gasteiger partial charge < -0.3 is 14.8 Å². The molecule has 3 nitrogen and oxygen atoms in total. The van der Waals surface area contributed by atoms with E-state index in [9.17, 15) is 5.11 Å². The van der Waals surface area contributed by atoms with E-state index in [4.69, 9.17) is 4.42 Å². The van der Waals surface area contributed by atoms with E-state index in [1.54, 1.807) is 6.07 Å². The highest BCUT2D eigenvalue weighted by molar-refractivity contribution is 5.50. The van der Waals surface area contributed by atoms with Gasteiger partial charge in [-0.2, -0.15) is 0 Å². The molecule has 1 heterocycles. The summed E-state index contributed by atoms with van der Waals surface area (Å²) in [5.74, 6) is 2.14. The van der Waals surface area contributed by atoms with E-state index in [0.717, 1.165) is 22.8 Å². The van der Waals surface area contributed by atoms with Gasteiger partial charge in [0.2, 0.25) is 0 Å². The molecular formula is C13H15NO2. The number of phenols is 1. The lowest BCUT2D eigenvalue weighted by molar-refractivity contribution is 0.471. The van der Waals surface area contributed by atoms with Gasteiger partial charge in [-0.05, 0) is 49.7 Å². The molecule has 0 saturated carbocycles. The lowest BCUT2D eigenvalue weighted by atomic mass is 10.2. The van der Waals surface area contributed by atoms with Crippen LogP contribution in [0.25, 0.3) is 0 Å². The van der Waals surface area contributed by atoms with Gasteiger partial charge in [0.1, 0.15) is 17.3 Å². The number of furan rings is 1. The van der Waals surface area contributed by atoms with Crippen molar-refractivity contribution in [2.75, 3.05) is 5.32 Å². The van der Waals surface area contributed by atoms with Crippen LogP contribution in [0.1, 0.15) is 17.1 Å². The second-order valence-corrected chi connectivity index (χ2v) is 3.87. The van der Waals surface area contributed by atoms with Crippen molar-refractivity contribution in [2.24, 2.45) is 0 Å². The Balaban J connectivity index is 2.02. The van der Waals surface area contributed by atoms with Crippen LogP contribution in [0.2, 0.25) is 0 Å². The molecule has 2 N–H and O–H groups in total. The highest BCUT2D eigenvalue weighted by Gasteiger charge is 2.00. The van der Waals surface area contributed by atoms with Crippen molar-refractivity contribution in [3.05, 3.63) is 47.4 Å². The maximum atomic E-state index is 9.39. The molecule has 0 amide bonds. The molecule has 0 spiro atoms. The summed E-state index contributed by atoms with van der Waals surface area (Å²) >= 11 is 0. The zero-order valence-corrected chi connectivity index (χ0v) is 9.45. The largest absolute Gasteiger partial charge is 0.508 e. The van der Waals surface area contributed by atoms with Gasteiger partial charge in [-0.15, -0.1) is 0 Å². The topological polar surface area (TPSA) is 45.4 Å². The second-order valence-electron chi connectivity index (χ2n) is 3.87. The number of rotatable bonds is 3. The first-order valence-corrected chi connectivity index (χ1v) is 5.24. The minimum Gasteiger partial charge on any atom is -0.508 e. The average Bonchev–Trinajstić information content (AvgIpc) is 2.66.